The van der Waals surface area contributed by atoms with Gasteiger partial charge in [-0.1, -0.05) is 30.3 Å². The van der Waals surface area contributed by atoms with Crippen molar-refractivity contribution in [3.05, 3.63) is 36.2 Å². The highest BCUT2D eigenvalue weighted by molar-refractivity contribution is 5.79. The molecule has 0 unspecified atom stereocenters. The summed E-state index contributed by atoms with van der Waals surface area (Å²) < 4.78 is 5.41. The second-order valence-electron chi connectivity index (χ2n) is 5.48. The second-order valence-corrected chi connectivity index (χ2v) is 5.48. The molecule has 116 valence electrons. The first kappa shape index (κ1) is 14.7. The SMILES string of the molecule is C[C@@H]1OCC[C@H]1C(=O)NCCc1nc(-c2ccccc2)n[nH]1. The molecule has 1 amide bonds. The molecule has 1 aliphatic rings. The van der Waals surface area contributed by atoms with E-state index in [0.29, 0.717) is 25.4 Å². The molecule has 2 atom stereocenters. The quantitative estimate of drug-likeness (QED) is 0.878. The lowest BCUT2D eigenvalue weighted by atomic mass is 10.0. The monoisotopic (exact) mass is 300 g/mol. The third-order valence-electron chi connectivity index (χ3n) is 3.94. The largest absolute Gasteiger partial charge is 0.378 e. The van der Waals surface area contributed by atoms with Gasteiger partial charge in [0.1, 0.15) is 5.82 Å². The van der Waals surface area contributed by atoms with Crippen molar-refractivity contribution in [2.45, 2.75) is 25.9 Å². The first-order valence-corrected chi connectivity index (χ1v) is 7.60. The Balaban J connectivity index is 1.50. The lowest BCUT2D eigenvalue weighted by Crippen LogP contribution is -2.35. The van der Waals surface area contributed by atoms with Crippen LogP contribution in [0.2, 0.25) is 0 Å². The van der Waals surface area contributed by atoms with Crippen molar-refractivity contribution in [2.24, 2.45) is 5.92 Å². The lowest BCUT2D eigenvalue weighted by molar-refractivity contribution is -0.126. The lowest BCUT2D eigenvalue weighted by Gasteiger charge is -2.13. The molecule has 0 saturated carbocycles. The summed E-state index contributed by atoms with van der Waals surface area (Å²) in [6, 6.07) is 9.81. The molecular weight excluding hydrogens is 280 g/mol. The number of amides is 1. The molecule has 22 heavy (non-hydrogen) atoms. The van der Waals surface area contributed by atoms with Gasteiger partial charge < -0.3 is 10.1 Å². The van der Waals surface area contributed by atoms with Crippen LogP contribution in [-0.4, -0.2) is 40.3 Å². The van der Waals surface area contributed by atoms with Crippen LogP contribution in [0.5, 0.6) is 0 Å². The molecule has 0 spiro atoms. The molecule has 1 aliphatic heterocycles. The Hall–Kier alpha value is -2.21. The van der Waals surface area contributed by atoms with E-state index in [4.69, 9.17) is 4.74 Å². The van der Waals surface area contributed by atoms with Gasteiger partial charge >= 0.3 is 0 Å². The second kappa shape index (κ2) is 6.70. The van der Waals surface area contributed by atoms with Gasteiger partial charge in [-0.05, 0) is 13.3 Å². The van der Waals surface area contributed by atoms with E-state index in [-0.39, 0.29) is 17.9 Å². The molecule has 3 rings (SSSR count). The molecule has 2 N–H and O–H groups in total. The number of nitrogens with zero attached hydrogens (tertiary/aromatic N) is 2. The van der Waals surface area contributed by atoms with Gasteiger partial charge in [-0.2, -0.15) is 5.10 Å². The molecule has 0 radical (unpaired) electrons. The fourth-order valence-electron chi connectivity index (χ4n) is 2.63. The van der Waals surface area contributed by atoms with Gasteiger partial charge in [0.15, 0.2) is 5.82 Å². The van der Waals surface area contributed by atoms with Crippen LogP contribution < -0.4 is 5.32 Å². The number of aromatic nitrogens is 3. The fourth-order valence-corrected chi connectivity index (χ4v) is 2.63. The highest BCUT2D eigenvalue weighted by Crippen LogP contribution is 2.20. The highest BCUT2D eigenvalue weighted by Gasteiger charge is 2.30. The van der Waals surface area contributed by atoms with Crippen molar-refractivity contribution in [3.63, 3.8) is 0 Å². The van der Waals surface area contributed by atoms with Crippen LogP contribution in [0.1, 0.15) is 19.2 Å². The number of carbonyl (C=O) groups is 1. The Bertz CT molecular complexity index is 626. The zero-order valence-corrected chi connectivity index (χ0v) is 12.6. The maximum atomic E-state index is 12.0. The Morgan fingerprint density at radius 1 is 1.41 bits per heavy atom. The predicted octanol–water partition coefficient (Wildman–Crippen LogP) is 1.56. The van der Waals surface area contributed by atoms with Crippen molar-refractivity contribution in [2.75, 3.05) is 13.2 Å². The number of ether oxygens (including phenoxy) is 1. The molecule has 0 bridgehead atoms. The number of aromatic amines is 1. The Morgan fingerprint density at radius 2 is 2.23 bits per heavy atom. The van der Waals surface area contributed by atoms with E-state index in [1.165, 1.54) is 0 Å². The van der Waals surface area contributed by atoms with Crippen LogP contribution in [0.4, 0.5) is 0 Å². The van der Waals surface area contributed by atoms with E-state index in [1.54, 1.807) is 0 Å². The van der Waals surface area contributed by atoms with Crippen LogP contribution in [0.3, 0.4) is 0 Å². The summed E-state index contributed by atoms with van der Waals surface area (Å²) in [5.74, 6) is 1.48. The minimum Gasteiger partial charge on any atom is -0.378 e. The van der Waals surface area contributed by atoms with E-state index in [2.05, 4.69) is 20.5 Å². The van der Waals surface area contributed by atoms with Crippen molar-refractivity contribution < 1.29 is 9.53 Å². The average Bonchev–Trinajstić information content (AvgIpc) is 3.17. The average molecular weight is 300 g/mol. The van der Waals surface area contributed by atoms with Crippen LogP contribution in [0.25, 0.3) is 11.4 Å². The Morgan fingerprint density at radius 3 is 2.95 bits per heavy atom. The number of benzene rings is 1. The van der Waals surface area contributed by atoms with Gasteiger partial charge in [-0.25, -0.2) is 4.98 Å². The molecular formula is C16H20N4O2. The van der Waals surface area contributed by atoms with Crippen molar-refractivity contribution >= 4 is 5.91 Å². The Labute approximate surface area is 129 Å². The minimum absolute atomic E-state index is 0.00922. The summed E-state index contributed by atoms with van der Waals surface area (Å²) in [7, 11) is 0. The number of carbonyl (C=O) groups excluding carboxylic acids is 1. The third-order valence-corrected chi connectivity index (χ3v) is 3.94. The number of rotatable bonds is 5. The summed E-state index contributed by atoms with van der Waals surface area (Å²) in [6.45, 7) is 3.16. The number of hydrogen-bond acceptors (Lipinski definition) is 4. The van der Waals surface area contributed by atoms with Crippen molar-refractivity contribution in [1.29, 1.82) is 0 Å². The maximum Gasteiger partial charge on any atom is 0.225 e. The van der Waals surface area contributed by atoms with Gasteiger partial charge in [0.2, 0.25) is 5.91 Å². The standard InChI is InChI=1S/C16H20N4O2/c1-11-13(8-10-22-11)16(21)17-9-7-14-18-15(20-19-14)12-5-3-2-4-6-12/h2-6,11,13H,7-10H2,1H3,(H,17,21)(H,18,19,20)/t11-,13+/m0/s1. The van der Waals surface area contributed by atoms with E-state index >= 15 is 0 Å². The summed E-state index contributed by atoms with van der Waals surface area (Å²) in [4.78, 5) is 16.5. The number of hydrogen-bond donors (Lipinski definition) is 2. The van der Waals surface area contributed by atoms with E-state index in [1.807, 2.05) is 37.3 Å². The topological polar surface area (TPSA) is 79.9 Å². The molecule has 6 nitrogen and oxygen atoms in total. The van der Waals surface area contributed by atoms with Gasteiger partial charge in [0, 0.05) is 25.1 Å². The van der Waals surface area contributed by atoms with E-state index in [9.17, 15) is 4.79 Å². The maximum absolute atomic E-state index is 12.0. The highest BCUT2D eigenvalue weighted by atomic mass is 16.5. The third kappa shape index (κ3) is 3.33. The molecule has 1 aromatic heterocycles. The van der Waals surface area contributed by atoms with Crippen LogP contribution in [-0.2, 0) is 16.0 Å². The predicted molar refractivity (Wildman–Crippen MR) is 82.1 cm³/mol. The zero-order valence-electron chi connectivity index (χ0n) is 12.6. The number of H-pyrrole nitrogens is 1. The van der Waals surface area contributed by atoms with Gasteiger partial charge in [0.05, 0.1) is 12.0 Å². The minimum atomic E-state index is -0.0328. The number of nitrogens with one attached hydrogen (secondary N) is 2. The summed E-state index contributed by atoms with van der Waals surface area (Å²) in [5.41, 5.74) is 0.978. The molecule has 0 aliphatic carbocycles. The normalized spacial score (nSPS) is 21.0. The molecule has 1 aromatic carbocycles. The summed E-state index contributed by atoms with van der Waals surface area (Å²) in [5, 5.41) is 10.1. The molecule has 2 aromatic rings. The summed E-state index contributed by atoms with van der Waals surface area (Å²) in [6.07, 6.45) is 1.44. The van der Waals surface area contributed by atoms with Gasteiger partial charge in [-0.15, -0.1) is 0 Å². The smallest absolute Gasteiger partial charge is 0.225 e. The van der Waals surface area contributed by atoms with Gasteiger partial charge in [0.25, 0.3) is 0 Å². The van der Waals surface area contributed by atoms with Crippen LogP contribution >= 0.6 is 0 Å². The molecule has 2 heterocycles. The first-order chi connectivity index (χ1) is 10.7. The fraction of sp³-hybridized carbons (Fsp3) is 0.438. The zero-order chi connectivity index (χ0) is 15.4. The van der Waals surface area contributed by atoms with Crippen LogP contribution in [0.15, 0.2) is 30.3 Å². The molecule has 1 saturated heterocycles. The van der Waals surface area contributed by atoms with Crippen LogP contribution in [0, 0.1) is 5.92 Å². The molecule has 1 fully saturated rings. The van der Waals surface area contributed by atoms with E-state index < -0.39 is 0 Å². The van der Waals surface area contributed by atoms with Crippen molar-refractivity contribution in [3.8, 4) is 11.4 Å². The molecule has 6 heteroatoms. The van der Waals surface area contributed by atoms with E-state index in [0.717, 1.165) is 17.8 Å². The Kier molecular flexibility index (Phi) is 4.48. The van der Waals surface area contributed by atoms with Crippen molar-refractivity contribution in [1.82, 2.24) is 20.5 Å². The van der Waals surface area contributed by atoms with Gasteiger partial charge in [-0.3, -0.25) is 9.89 Å². The summed E-state index contributed by atoms with van der Waals surface area (Å²) >= 11 is 0. The first-order valence-electron chi connectivity index (χ1n) is 7.60.